The van der Waals surface area contributed by atoms with E-state index in [9.17, 15) is 14.5 Å². The Morgan fingerprint density at radius 3 is 2.67 bits per heavy atom. The van der Waals surface area contributed by atoms with Gasteiger partial charge < -0.3 is 10.6 Å². The van der Waals surface area contributed by atoms with Crippen LogP contribution in [0.25, 0.3) is 0 Å². The zero-order valence-corrected chi connectivity index (χ0v) is 10.5. The number of benzene rings is 1. The first kappa shape index (κ1) is 14.7. The number of piperidine rings is 1. The molecule has 1 aliphatic rings. The highest BCUT2D eigenvalue weighted by Gasteiger charge is 2.21. The zero-order valence-electron chi connectivity index (χ0n) is 9.69. The summed E-state index contributed by atoms with van der Waals surface area (Å²) in [4.78, 5) is 10.2. The second-order valence-electron chi connectivity index (χ2n) is 4.06. The fourth-order valence-corrected chi connectivity index (χ4v) is 1.98. The fourth-order valence-electron chi connectivity index (χ4n) is 1.98. The smallest absolute Gasteiger partial charge is 0.295 e. The highest BCUT2D eigenvalue weighted by atomic mass is 35.5. The van der Waals surface area contributed by atoms with E-state index >= 15 is 0 Å². The van der Waals surface area contributed by atoms with Gasteiger partial charge in [-0.2, -0.15) is 0 Å². The average Bonchev–Trinajstić information content (AvgIpc) is 2.33. The fraction of sp³-hybridized carbons (Fsp3) is 0.455. The molecule has 2 rings (SSSR count). The molecule has 0 radical (unpaired) electrons. The van der Waals surface area contributed by atoms with Gasteiger partial charge in [-0.25, -0.2) is 4.39 Å². The molecule has 0 unspecified atom stereocenters. The van der Waals surface area contributed by atoms with E-state index in [2.05, 4.69) is 10.6 Å². The number of nitro groups is 1. The highest BCUT2D eigenvalue weighted by Crippen LogP contribution is 2.28. The van der Waals surface area contributed by atoms with Crippen molar-refractivity contribution in [2.24, 2.45) is 0 Å². The Labute approximate surface area is 110 Å². The third kappa shape index (κ3) is 3.30. The molecule has 0 spiro atoms. The van der Waals surface area contributed by atoms with Gasteiger partial charge in [0.15, 0.2) is 5.82 Å². The van der Waals surface area contributed by atoms with Crippen LogP contribution < -0.4 is 10.6 Å². The minimum Gasteiger partial charge on any atom is -0.374 e. The number of nitrogens with zero attached hydrogens (tertiary/aromatic N) is 1. The quantitative estimate of drug-likeness (QED) is 0.656. The summed E-state index contributed by atoms with van der Waals surface area (Å²) in [5.41, 5.74) is -0.201. The van der Waals surface area contributed by atoms with Crippen molar-refractivity contribution in [3.63, 3.8) is 0 Å². The third-order valence-corrected chi connectivity index (χ3v) is 2.88. The molecule has 0 aliphatic carbocycles. The van der Waals surface area contributed by atoms with Crippen LogP contribution in [0.15, 0.2) is 18.2 Å². The lowest BCUT2D eigenvalue weighted by molar-refractivity contribution is -0.384. The molecule has 1 heterocycles. The first-order chi connectivity index (χ1) is 8.18. The first-order valence-corrected chi connectivity index (χ1v) is 5.58. The highest BCUT2D eigenvalue weighted by molar-refractivity contribution is 5.85. The summed E-state index contributed by atoms with van der Waals surface area (Å²) < 4.78 is 13.6. The second-order valence-corrected chi connectivity index (χ2v) is 4.06. The van der Waals surface area contributed by atoms with Crippen LogP contribution in [-0.2, 0) is 0 Å². The number of para-hydroxylation sites is 1. The Morgan fingerprint density at radius 1 is 1.39 bits per heavy atom. The molecule has 2 N–H and O–H groups in total. The largest absolute Gasteiger partial charge is 0.374 e. The number of halogens is 2. The minimum absolute atomic E-state index is 0. The van der Waals surface area contributed by atoms with Gasteiger partial charge in [0.05, 0.1) is 4.92 Å². The van der Waals surface area contributed by atoms with E-state index in [0.717, 1.165) is 25.9 Å². The molecular formula is C11H15ClFN3O2. The molecule has 7 heteroatoms. The summed E-state index contributed by atoms with van der Waals surface area (Å²) >= 11 is 0. The van der Waals surface area contributed by atoms with E-state index in [4.69, 9.17) is 0 Å². The standard InChI is InChI=1S/C11H14FN3O2.ClH/c12-9-2-1-3-10(15(16)17)11(9)14-8-4-6-13-7-5-8;/h1-3,8,13-14H,4-7H2;1H. The summed E-state index contributed by atoms with van der Waals surface area (Å²) in [5, 5.41) is 16.9. The van der Waals surface area contributed by atoms with Crippen molar-refractivity contribution < 1.29 is 9.31 Å². The van der Waals surface area contributed by atoms with Crippen LogP contribution in [0.4, 0.5) is 15.8 Å². The van der Waals surface area contributed by atoms with Gasteiger partial charge in [0.1, 0.15) is 5.69 Å². The van der Waals surface area contributed by atoms with Crippen molar-refractivity contribution in [2.45, 2.75) is 18.9 Å². The zero-order chi connectivity index (χ0) is 12.3. The van der Waals surface area contributed by atoms with Gasteiger partial charge in [-0.05, 0) is 32.0 Å². The summed E-state index contributed by atoms with van der Waals surface area (Å²) in [6.07, 6.45) is 1.68. The van der Waals surface area contributed by atoms with Gasteiger partial charge in [-0.3, -0.25) is 10.1 Å². The van der Waals surface area contributed by atoms with E-state index in [1.165, 1.54) is 18.2 Å². The van der Waals surface area contributed by atoms with Gasteiger partial charge in [-0.15, -0.1) is 12.4 Å². The van der Waals surface area contributed by atoms with Crippen molar-refractivity contribution >= 4 is 23.8 Å². The van der Waals surface area contributed by atoms with Crippen molar-refractivity contribution in [1.82, 2.24) is 5.32 Å². The van der Waals surface area contributed by atoms with Crippen LogP contribution in [0.1, 0.15) is 12.8 Å². The van der Waals surface area contributed by atoms with Crippen molar-refractivity contribution in [3.8, 4) is 0 Å². The molecule has 100 valence electrons. The van der Waals surface area contributed by atoms with Crippen molar-refractivity contribution in [1.29, 1.82) is 0 Å². The molecule has 1 aliphatic heterocycles. The molecule has 0 aromatic heterocycles. The van der Waals surface area contributed by atoms with Crippen LogP contribution in [0, 0.1) is 15.9 Å². The van der Waals surface area contributed by atoms with Gasteiger partial charge >= 0.3 is 0 Å². The van der Waals surface area contributed by atoms with Gasteiger partial charge in [0.2, 0.25) is 0 Å². The maximum atomic E-state index is 13.6. The molecule has 0 saturated carbocycles. The molecule has 1 fully saturated rings. The number of anilines is 1. The van der Waals surface area contributed by atoms with E-state index in [1.54, 1.807) is 0 Å². The lowest BCUT2D eigenvalue weighted by atomic mass is 10.1. The Hall–Kier alpha value is -1.40. The molecule has 1 aromatic rings. The summed E-state index contributed by atoms with van der Waals surface area (Å²) in [7, 11) is 0. The molecule has 1 saturated heterocycles. The van der Waals surface area contributed by atoms with Crippen molar-refractivity contribution in [3.05, 3.63) is 34.1 Å². The maximum Gasteiger partial charge on any atom is 0.295 e. The second kappa shape index (κ2) is 6.51. The monoisotopic (exact) mass is 275 g/mol. The number of nitro benzene ring substituents is 1. The Balaban J connectivity index is 0.00000162. The predicted octanol–water partition coefficient (Wildman–Crippen LogP) is 2.32. The van der Waals surface area contributed by atoms with E-state index < -0.39 is 10.7 Å². The Bertz CT molecular complexity index is 425. The predicted molar refractivity (Wildman–Crippen MR) is 69.8 cm³/mol. The third-order valence-electron chi connectivity index (χ3n) is 2.88. The molecule has 0 amide bonds. The SMILES string of the molecule is Cl.O=[N+]([O-])c1cccc(F)c1NC1CCNCC1. The van der Waals surface area contributed by atoms with Crippen molar-refractivity contribution in [2.75, 3.05) is 18.4 Å². The van der Waals surface area contributed by atoms with Crippen LogP contribution in [-0.4, -0.2) is 24.1 Å². The molecule has 1 aromatic carbocycles. The maximum absolute atomic E-state index is 13.6. The summed E-state index contributed by atoms with van der Waals surface area (Å²) in [5.74, 6) is -0.572. The van der Waals surface area contributed by atoms with Crippen LogP contribution in [0.2, 0.25) is 0 Å². The minimum atomic E-state index is -0.572. The normalized spacial score (nSPS) is 15.8. The van der Waals surface area contributed by atoms with E-state index in [1.807, 2.05) is 0 Å². The number of nitrogens with one attached hydrogen (secondary N) is 2. The Kier molecular flexibility index (Phi) is 5.30. The lowest BCUT2D eigenvalue weighted by Gasteiger charge is -2.24. The lowest BCUT2D eigenvalue weighted by Crippen LogP contribution is -2.35. The average molecular weight is 276 g/mol. The molecule has 0 bridgehead atoms. The first-order valence-electron chi connectivity index (χ1n) is 5.58. The Morgan fingerprint density at radius 2 is 2.06 bits per heavy atom. The number of rotatable bonds is 3. The van der Waals surface area contributed by atoms with E-state index in [-0.39, 0.29) is 29.8 Å². The van der Waals surface area contributed by atoms with Gasteiger partial charge in [0, 0.05) is 12.1 Å². The van der Waals surface area contributed by atoms with Gasteiger partial charge in [-0.1, -0.05) is 6.07 Å². The van der Waals surface area contributed by atoms with Crippen LogP contribution in [0.5, 0.6) is 0 Å². The molecule has 18 heavy (non-hydrogen) atoms. The van der Waals surface area contributed by atoms with E-state index in [0.29, 0.717) is 0 Å². The molecule has 5 nitrogen and oxygen atoms in total. The molecular weight excluding hydrogens is 261 g/mol. The number of hydrogen-bond donors (Lipinski definition) is 2. The summed E-state index contributed by atoms with van der Waals surface area (Å²) in [6, 6.07) is 3.98. The van der Waals surface area contributed by atoms with Gasteiger partial charge in [0.25, 0.3) is 5.69 Å². The van der Waals surface area contributed by atoms with Crippen LogP contribution >= 0.6 is 12.4 Å². The summed E-state index contributed by atoms with van der Waals surface area (Å²) in [6.45, 7) is 1.69. The van der Waals surface area contributed by atoms with Crippen LogP contribution in [0.3, 0.4) is 0 Å². The number of hydrogen-bond acceptors (Lipinski definition) is 4. The topological polar surface area (TPSA) is 67.2 Å². The molecule has 0 atom stereocenters.